The van der Waals surface area contributed by atoms with E-state index in [2.05, 4.69) is 14.9 Å². The van der Waals surface area contributed by atoms with Crippen molar-refractivity contribution in [1.82, 2.24) is 24.0 Å². The SMILES string of the molecule is CN(C)CCCOc1ccc(-c2ccc3ncc4c5c3c2OCC(C)(C)n5c(=O)n4C)cn1. The molecule has 1 aliphatic heterocycles. The van der Waals surface area contributed by atoms with Gasteiger partial charge in [0.25, 0.3) is 0 Å². The molecule has 0 N–H and O–H groups in total. The molecule has 0 atom stereocenters. The summed E-state index contributed by atoms with van der Waals surface area (Å²) in [5.74, 6) is 1.34. The van der Waals surface area contributed by atoms with Crippen molar-refractivity contribution >= 4 is 21.9 Å². The second-order valence-corrected chi connectivity index (χ2v) is 9.50. The van der Waals surface area contributed by atoms with E-state index in [1.165, 1.54) is 0 Å². The van der Waals surface area contributed by atoms with E-state index in [1.807, 2.05) is 63.0 Å². The normalized spacial score (nSPS) is 14.7. The molecular weight excluding hydrogens is 418 g/mol. The predicted octanol–water partition coefficient (Wildman–Crippen LogP) is 3.41. The molecule has 0 aliphatic carbocycles. The van der Waals surface area contributed by atoms with Gasteiger partial charge in [0.1, 0.15) is 12.4 Å². The molecule has 0 saturated carbocycles. The van der Waals surface area contributed by atoms with Gasteiger partial charge in [-0.15, -0.1) is 0 Å². The number of ether oxygens (including phenoxy) is 2. The minimum absolute atomic E-state index is 0.0661. The van der Waals surface area contributed by atoms with E-state index in [0.29, 0.717) is 19.1 Å². The zero-order valence-electron chi connectivity index (χ0n) is 19.8. The lowest BCUT2D eigenvalue weighted by Gasteiger charge is -2.24. The number of pyridine rings is 2. The molecule has 0 spiro atoms. The molecule has 0 radical (unpaired) electrons. The van der Waals surface area contributed by atoms with Crippen molar-refractivity contribution in [3.63, 3.8) is 0 Å². The molecule has 8 nitrogen and oxygen atoms in total. The molecule has 4 aromatic rings. The minimum Gasteiger partial charge on any atom is -0.490 e. The van der Waals surface area contributed by atoms with Crippen LogP contribution in [0.25, 0.3) is 33.1 Å². The summed E-state index contributed by atoms with van der Waals surface area (Å²) in [4.78, 5) is 24.4. The van der Waals surface area contributed by atoms with Crippen molar-refractivity contribution in [3.8, 4) is 22.8 Å². The Labute approximate surface area is 192 Å². The van der Waals surface area contributed by atoms with Gasteiger partial charge in [-0.2, -0.15) is 0 Å². The number of benzene rings is 1. The first-order valence-electron chi connectivity index (χ1n) is 11.2. The van der Waals surface area contributed by atoms with Crippen LogP contribution in [0.2, 0.25) is 0 Å². The average Bonchev–Trinajstić information content (AvgIpc) is 2.98. The van der Waals surface area contributed by atoms with E-state index in [-0.39, 0.29) is 5.69 Å². The third-order valence-corrected chi connectivity index (χ3v) is 6.23. The number of nitrogens with zero attached hydrogens (tertiary/aromatic N) is 5. The molecule has 0 fully saturated rings. The Kier molecular flexibility index (Phi) is 5.12. The van der Waals surface area contributed by atoms with E-state index in [1.54, 1.807) is 17.8 Å². The maximum Gasteiger partial charge on any atom is 0.329 e. The minimum atomic E-state index is -0.510. The van der Waals surface area contributed by atoms with Crippen LogP contribution in [-0.2, 0) is 12.6 Å². The largest absolute Gasteiger partial charge is 0.490 e. The summed E-state index contributed by atoms with van der Waals surface area (Å²) in [5.41, 5.74) is 3.72. The maximum absolute atomic E-state index is 13.1. The van der Waals surface area contributed by atoms with Crippen LogP contribution >= 0.6 is 0 Å². The van der Waals surface area contributed by atoms with Gasteiger partial charge < -0.3 is 14.4 Å². The number of aryl methyl sites for hydroxylation is 1. The summed E-state index contributed by atoms with van der Waals surface area (Å²) in [6.07, 6.45) is 4.52. The molecule has 0 amide bonds. The highest BCUT2D eigenvalue weighted by atomic mass is 16.5. The summed E-state index contributed by atoms with van der Waals surface area (Å²) < 4.78 is 15.7. The Hall–Kier alpha value is -3.39. The first-order chi connectivity index (χ1) is 15.8. The summed E-state index contributed by atoms with van der Waals surface area (Å²) in [6, 6.07) is 7.87. The predicted molar refractivity (Wildman–Crippen MR) is 129 cm³/mol. The first-order valence-corrected chi connectivity index (χ1v) is 11.2. The van der Waals surface area contributed by atoms with Crippen molar-refractivity contribution in [2.45, 2.75) is 25.8 Å². The second-order valence-electron chi connectivity index (χ2n) is 9.50. The molecule has 1 aromatic carbocycles. The first kappa shape index (κ1) is 21.5. The smallest absolute Gasteiger partial charge is 0.329 e. The molecule has 5 rings (SSSR count). The third kappa shape index (κ3) is 3.54. The van der Waals surface area contributed by atoms with E-state index in [9.17, 15) is 4.79 Å². The van der Waals surface area contributed by atoms with Crippen molar-refractivity contribution in [3.05, 3.63) is 47.1 Å². The molecular formula is C25H29N5O3. The van der Waals surface area contributed by atoms with Gasteiger partial charge in [-0.25, -0.2) is 9.78 Å². The molecule has 0 unspecified atom stereocenters. The van der Waals surface area contributed by atoms with Gasteiger partial charge in [0.15, 0.2) is 0 Å². The Balaban J connectivity index is 1.60. The van der Waals surface area contributed by atoms with Crippen molar-refractivity contribution in [2.24, 2.45) is 7.05 Å². The Bertz CT molecular complexity index is 1400. The standard InChI is InChI=1S/C25H29N5O3/c1-25(2)15-33-23-17(16-7-10-20(27-13-16)32-12-6-11-28(3)4)8-9-18-21(23)22-19(14-26-18)29(5)24(31)30(22)25/h7-10,13-14H,6,11-12,15H2,1-5H3. The third-order valence-electron chi connectivity index (χ3n) is 6.23. The lowest BCUT2D eigenvalue weighted by molar-refractivity contribution is 0.190. The van der Waals surface area contributed by atoms with Crippen LogP contribution in [0.5, 0.6) is 11.6 Å². The molecule has 0 bridgehead atoms. The lowest BCUT2D eigenvalue weighted by atomic mass is 10.0. The molecule has 33 heavy (non-hydrogen) atoms. The van der Waals surface area contributed by atoms with Gasteiger partial charge >= 0.3 is 5.69 Å². The number of aromatic nitrogens is 4. The Morgan fingerprint density at radius 3 is 2.70 bits per heavy atom. The molecule has 172 valence electrons. The highest BCUT2D eigenvalue weighted by Crippen LogP contribution is 2.42. The summed E-state index contributed by atoms with van der Waals surface area (Å²) >= 11 is 0. The maximum atomic E-state index is 13.1. The van der Waals surface area contributed by atoms with Gasteiger partial charge in [0.2, 0.25) is 5.88 Å². The van der Waals surface area contributed by atoms with Gasteiger partial charge in [-0.1, -0.05) is 0 Å². The fraction of sp³-hybridized carbons (Fsp3) is 0.400. The fourth-order valence-corrected chi connectivity index (χ4v) is 4.48. The number of hydrogen-bond acceptors (Lipinski definition) is 6. The average molecular weight is 448 g/mol. The van der Waals surface area contributed by atoms with Crippen LogP contribution in [-0.4, -0.2) is 57.9 Å². The van der Waals surface area contributed by atoms with Gasteiger partial charge in [0, 0.05) is 37.0 Å². The van der Waals surface area contributed by atoms with Crippen LogP contribution < -0.4 is 15.2 Å². The van der Waals surface area contributed by atoms with Crippen LogP contribution in [0.3, 0.4) is 0 Å². The van der Waals surface area contributed by atoms with Crippen LogP contribution in [0, 0.1) is 0 Å². The van der Waals surface area contributed by atoms with Crippen molar-refractivity contribution in [2.75, 3.05) is 33.9 Å². The lowest BCUT2D eigenvalue weighted by Crippen LogP contribution is -2.40. The van der Waals surface area contributed by atoms with Crippen LogP contribution in [0.15, 0.2) is 41.5 Å². The Morgan fingerprint density at radius 1 is 1.15 bits per heavy atom. The van der Waals surface area contributed by atoms with Crippen molar-refractivity contribution < 1.29 is 9.47 Å². The Morgan fingerprint density at radius 2 is 1.97 bits per heavy atom. The summed E-state index contributed by atoms with van der Waals surface area (Å²) in [5, 5.41) is 0.859. The van der Waals surface area contributed by atoms with E-state index < -0.39 is 5.54 Å². The van der Waals surface area contributed by atoms with E-state index in [0.717, 1.165) is 51.8 Å². The number of hydrogen-bond donors (Lipinski definition) is 0. The molecule has 3 aromatic heterocycles. The molecule has 4 heterocycles. The fourth-order valence-electron chi connectivity index (χ4n) is 4.48. The zero-order valence-corrected chi connectivity index (χ0v) is 19.8. The number of imidazole rings is 1. The molecule has 8 heteroatoms. The van der Waals surface area contributed by atoms with E-state index in [4.69, 9.17) is 9.47 Å². The second kappa shape index (κ2) is 7.88. The van der Waals surface area contributed by atoms with E-state index >= 15 is 0 Å². The monoisotopic (exact) mass is 447 g/mol. The van der Waals surface area contributed by atoms with Crippen LogP contribution in [0.1, 0.15) is 20.3 Å². The summed E-state index contributed by atoms with van der Waals surface area (Å²) in [7, 11) is 5.89. The topological polar surface area (TPSA) is 74.4 Å². The highest BCUT2D eigenvalue weighted by molar-refractivity contribution is 6.09. The van der Waals surface area contributed by atoms with Crippen molar-refractivity contribution in [1.29, 1.82) is 0 Å². The zero-order chi connectivity index (χ0) is 23.3. The molecule has 1 aliphatic rings. The van der Waals surface area contributed by atoms with Gasteiger partial charge in [0.05, 0.1) is 40.3 Å². The van der Waals surface area contributed by atoms with Gasteiger partial charge in [-0.3, -0.25) is 14.1 Å². The molecule has 0 saturated heterocycles. The van der Waals surface area contributed by atoms with Crippen LogP contribution in [0.4, 0.5) is 0 Å². The number of rotatable bonds is 6. The van der Waals surface area contributed by atoms with Gasteiger partial charge in [-0.05, 0) is 52.6 Å². The summed E-state index contributed by atoms with van der Waals surface area (Å²) in [6.45, 7) is 6.01. The quantitative estimate of drug-likeness (QED) is 0.422. The highest BCUT2D eigenvalue weighted by Gasteiger charge is 2.33.